The Morgan fingerprint density at radius 2 is 2.19 bits per heavy atom. The fraction of sp³-hybridized carbons (Fsp3) is 0.500. The number of rotatable bonds is 5. The van der Waals surface area contributed by atoms with E-state index in [1.807, 2.05) is 32.4 Å². The second-order valence-corrected chi connectivity index (χ2v) is 5.46. The van der Waals surface area contributed by atoms with Crippen LogP contribution >= 0.6 is 11.6 Å². The molecule has 2 rings (SSSR count). The minimum absolute atomic E-state index is 0.0927. The molecule has 0 aliphatic carbocycles. The Morgan fingerprint density at radius 1 is 1.48 bits per heavy atom. The molecule has 1 amide bonds. The summed E-state index contributed by atoms with van der Waals surface area (Å²) in [6.07, 6.45) is 3.46. The van der Waals surface area contributed by atoms with E-state index in [0.29, 0.717) is 5.02 Å². The Hall–Kier alpha value is -1.82. The third-order valence-corrected chi connectivity index (χ3v) is 3.85. The summed E-state index contributed by atoms with van der Waals surface area (Å²) in [4.78, 5) is 12.1. The number of hydrogen-bond acceptors (Lipinski definition) is 3. The second kappa shape index (κ2) is 6.30. The van der Waals surface area contributed by atoms with Gasteiger partial charge in [-0.25, -0.2) is 0 Å². The minimum atomic E-state index is -0.106. The molecular formula is C14H20ClN5O. The summed E-state index contributed by atoms with van der Waals surface area (Å²) in [6, 6.07) is -0.0927. The third kappa shape index (κ3) is 3.44. The molecule has 114 valence electrons. The molecule has 21 heavy (non-hydrogen) atoms. The van der Waals surface area contributed by atoms with Gasteiger partial charge in [-0.3, -0.25) is 14.2 Å². The van der Waals surface area contributed by atoms with Crippen molar-refractivity contribution in [2.45, 2.75) is 46.8 Å². The molecule has 6 nitrogen and oxygen atoms in total. The van der Waals surface area contributed by atoms with Gasteiger partial charge in [0.1, 0.15) is 6.54 Å². The third-order valence-electron chi connectivity index (χ3n) is 3.48. The molecular weight excluding hydrogens is 290 g/mol. The molecule has 1 N–H and O–H groups in total. The van der Waals surface area contributed by atoms with Crippen molar-refractivity contribution in [1.82, 2.24) is 24.9 Å². The lowest BCUT2D eigenvalue weighted by Gasteiger charge is -2.14. The van der Waals surface area contributed by atoms with Crippen molar-refractivity contribution in [3.05, 3.63) is 34.4 Å². The van der Waals surface area contributed by atoms with Gasteiger partial charge >= 0.3 is 0 Å². The summed E-state index contributed by atoms with van der Waals surface area (Å²) in [7, 11) is 0. The van der Waals surface area contributed by atoms with E-state index in [1.165, 1.54) is 0 Å². The summed E-state index contributed by atoms with van der Waals surface area (Å²) in [5.74, 6) is -0.106. The van der Waals surface area contributed by atoms with Crippen molar-refractivity contribution in [2.75, 3.05) is 0 Å². The van der Waals surface area contributed by atoms with E-state index in [2.05, 4.69) is 15.5 Å². The predicted molar refractivity (Wildman–Crippen MR) is 81.2 cm³/mol. The maximum Gasteiger partial charge on any atom is 0.242 e. The highest BCUT2D eigenvalue weighted by Crippen LogP contribution is 2.17. The van der Waals surface area contributed by atoms with E-state index in [0.717, 1.165) is 23.5 Å². The van der Waals surface area contributed by atoms with Crippen molar-refractivity contribution >= 4 is 17.5 Å². The van der Waals surface area contributed by atoms with Gasteiger partial charge in [0, 0.05) is 24.0 Å². The van der Waals surface area contributed by atoms with Gasteiger partial charge < -0.3 is 5.32 Å². The molecule has 1 atom stereocenters. The fourth-order valence-corrected chi connectivity index (χ4v) is 2.44. The lowest BCUT2D eigenvalue weighted by atomic mass is 10.1. The van der Waals surface area contributed by atoms with Crippen LogP contribution in [0.1, 0.15) is 36.8 Å². The van der Waals surface area contributed by atoms with Crippen LogP contribution in [0, 0.1) is 13.8 Å². The highest BCUT2D eigenvalue weighted by molar-refractivity contribution is 6.31. The molecule has 2 heterocycles. The standard InChI is InChI=1S/C14H20ClN5O/c1-5-20-11(4)12(6-16-20)9(2)17-14(21)8-19-7-13(15)10(3)18-19/h6-7,9H,5,8H2,1-4H3,(H,17,21). The van der Waals surface area contributed by atoms with Crippen LogP contribution in [0.4, 0.5) is 0 Å². The van der Waals surface area contributed by atoms with Gasteiger partial charge in [0.25, 0.3) is 0 Å². The Kier molecular flexibility index (Phi) is 4.67. The quantitative estimate of drug-likeness (QED) is 0.921. The summed E-state index contributed by atoms with van der Waals surface area (Å²) in [6.45, 7) is 8.77. The molecule has 0 saturated carbocycles. The topological polar surface area (TPSA) is 64.7 Å². The first-order valence-electron chi connectivity index (χ1n) is 6.93. The lowest BCUT2D eigenvalue weighted by Crippen LogP contribution is -2.30. The Morgan fingerprint density at radius 3 is 2.71 bits per heavy atom. The Bertz CT molecular complexity index is 626. The lowest BCUT2D eigenvalue weighted by molar-refractivity contribution is -0.122. The monoisotopic (exact) mass is 309 g/mol. The van der Waals surface area contributed by atoms with Gasteiger partial charge in [0.15, 0.2) is 0 Å². The molecule has 0 aliphatic rings. The summed E-state index contributed by atoms with van der Waals surface area (Å²) in [5, 5.41) is 12.0. The molecule has 0 bridgehead atoms. The molecule has 2 aromatic rings. The maximum absolute atomic E-state index is 12.1. The van der Waals surface area contributed by atoms with Crippen LogP contribution in [0.3, 0.4) is 0 Å². The number of halogens is 1. The van der Waals surface area contributed by atoms with Crippen LogP contribution in [0.15, 0.2) is 12.4 Å². The largest absolute Gasteiger partial charge is 0.348 e. The molecule has 7 heteroatoms. The highest BCUT2D eigenvalue weighted by Gasteiger charge is 2.15. The van der Waals surface area contributed by atoms with Crippen LogP contribution in [-0.4, -0.2) is 25.5 Å². The van der Waals surface area contributed by atoms with E-state index >= 15 is 0 Å². The Balaban J connectivity index is 2.00. The average molecular weight is 310 g/mol. The molecule has 0 aliphatic heterocycles. The van der Waals surface area contributed by atoms with E-state index in [9.17, 15) is 4.79 Å². The molecule has 0 aromatic carbocycles. The highest BCUT2D eigenvalue weighted by atomic mass is 35.5. The normalized spacial score (nSPS) is 12.4. The summed E-state index contributed by atoms with van der Waals surface area (Å²) >= 11 is 5.93. The van der Waals surface area contributed by atoms with Crippen molar-refractivity contribution in [2.24, 2.45) is 0 Å². The molecule has 0 radical (unpaired) electrons. The van der Waals surface area contributed by atoms with Gasteiger partial charge in [-0.2, -0.15) is 10.2 Å². The van der Waals surface area contributed by atoms with Gasteiger partial charge in [0.2, 0.25) is 5.91 Å². The zero-order valence-electron chi connectivity index (χ0n) is 12.7. The van der Waals surface area contributed by atoms with Gasteiger partial charge in [-0.15, -0.1) is 0 Å². The zero-order chi connectivity index (χ0) is 15.6. The average Bonchev–Trinajstić information content (AvgIpc) is 2.92. The van der Waals surface area contributed by atoms with Gasteiger partial charge in [-0.1, -0.05) is 11.6 Å². The van der Waals surface area contributed by atoms with Crippen LogP contribution in [-0.2, 0) is 17.9 Å². The fourth-order valence-electron chi connectivity index (χ4n) is 2.29. The van der Waals surface area contributed by atoms with Crippen molar-refractivity contribution in [1.29, 1.82) is 0 Å². The first-order chi connectivity index (χ1) is 9.92. The number of nitrogens with one attached hydrogen (secondary N) is 1. The van der Waals surface area contributed by atoms with Crippen molar-refractivity contribution < 1.29 is 4.79 Å². The van der Waals surface area contributed by atoms with E-state index in [1.54, 1.807) is 17.1 Å². The molecule has 0 spiro atoms. The van der Waals surface area contributed by atoms with E-state index < -0.39 is 0 Å². The van der Waals surface area contributed by atoms with Crippen LogP contribution in [0.25, 0.3) is 0 Å². The van der Waals surface area contributed by atoms with Crippen LogP contribution in [0.2, 0.25) is 5.02 Å². The molecule has 1 unspecified atom stereocenters. The number of aryl methyl sites for hydroxylation is 2. The van der Waals surface area contributed by atoms with E-state index in [4.69, 9.17) is 11.6 Å². The van der Waals surface area contributed by atoms with Gasteiger partial charge in [0.05, 0.1) is 23.0 Å². The van der Waals surface area contributed by atoms with Gasteiger partial charge in [-0.05, 0) is 27.7 Å². The van der Waals surface area contributed by atoms with Crippen molar-refractivity contribution in [3.63, 3.8) is 0 Å². The number of carbonyl (C=O) groups is 1. The molecule has 0 fully saturated rings. The zero-order valence-corrected chi connectivity index (χ0v) is 13.5. The number of nitrogens with zero attached hydrogens (tertiary/aromatic N) is 4. The SMILES string of the molecule is CCn1ncc(C(C)NC(=O)Cn2cc(Cl)c(C)n2)c1C. The summed E-state index contributed by atoms with van der Waals surface area (Å²) in [5.41, 5.74) is 2.82. The minimum Gasteiger partial charge on any atom is -0.348 e. The first-order valence-corrected chi connectivity index (χ1v) is 7.31. The van der Waals surface area contributed by atoms with Crippen molar-refractivity contribution in [3.8, 4) is 0 Å². The second-order valence-electron chi connectivity index (χ2n) is 5.05. The number of carbonyl (C=O) groups excluding carboxylic acids is 1. The smallest absolute Gasteiger partial charge is 0.242 e. The number of hydrogen-bond donors (Lipinski definition) is 1. The van der Waals surface area contributed by atoms with Crippen LogP contribution in [0.5, 0.6) is 0 Å². The van der Waals surface area contributed by atoms with Crippen LogP contribution < -0.4 is 5.32 Å². The number of aromatic nitrogens is 4. The predicted octanol–water partition coefficient (Wildman–Crippen LogP) is 2.25. The molecule has 0 saturated heterocycles. The first kappa shape index (κ1) is 15.6. The number of amides is 1. The molecule has 2 aromatic heterocycles. The summed E-state index contributed by atoms with van der Waals surface area (Å²) < 4.78 is 3.46. The van der Waals surface area contributed by atoms with E-state index in [-0.39, 0.29) is 18.5 Å². The maximum atomic E-state index is 12.1. The Labute approximate surface area is 129 Å².